The van der Waals surface area contributed by atoms with Crippen molar-refractivity contribution in [1.82, 2.24) is 4.98 Å². The molecule has 3 nitrogen and oxygen atoms in total. The van der Waals surface area contributed by atoms with Gasteiger partial charge in [-0.15, -0.1) is 0 Å². The molecule has 0 radical (unpaired) electrons. The highest BCUT2D eigenvalue weighted by Gasteiger charge is 2.22. The zero-order chi connectivity index (χ0) is 14.1. The standard InChI is InChI=1S/C16H18FN3/c1-20(2)16-8-5-13(10-18-16)19-15-7-3-11-9-12(17)4-6-14(11)15/h4-6,8-10,15,19H,3,7H2,1-2H3. The highest BCUT2D eigenvalue weighted by atomic mass is 19.1. The number of rotatable bonds is 3. The molecular weight excluding hydrogens is 253 g/mol. The first-order valence-corrected chi connectivity index (χ1v) is 6.82. The lowest BCUT2D eigenvalue weighted by Gasteiger charge is -2.17. The number of fused-ring (bicyclic) bond motifs is 1. The quantitative estimate of drug-likeness (QED) is 0.927. The summed E-state index contributed by atoms with van der Waals surface area (Å²) >= 11 is 0. The number of nitrogens with one attached hydrogen (secondary N) is 1. The smallest absolute Gasteiger partial charge is 0.128 e. The van der Waals surface area contributed by atoms with Crippen LogP contribution in [0.4, 0.5) is 15.9 Å². The van der Waals surface area contributed by atoms with Gasteiger partial charge >= 0.3 is 0 Å². The first-order valence-electron chi connectivity index (χ1n) is 6.82. The summed E-state index contributed by atoms with van der Waals surface area (Å²) in [6, 6.07) is 9.33. The van der Waals surface area contributed by atoms with E-state index >= 15 is 0 Å². The fraction of sp³-hybridized carbons (Fsp3) is 0.312. The highest BCUT2D eigenvalue weighted by molar-refractivity contribution is 5.51. The van der Waals surface area contributed by atoms with Gasteiger partial charge < -0.3 is 10.2 Å². The molecule has 1 N–H and O–H groups in total. The summed E-state index contributed by atoms with van der Waals surface area (Å²) < 4.78 is 13.2. The summed E-state index contributed by atoms with van der Waals surface area (Å²) in [6.45, 7) is 0. The Balaban J connectivity index is 1.77. The molecule has 0 saturated carbocycles. The second-order valence-corrected chi connectivity index (χ2v) is 5.38. The maximum absolute atomic E-state index is 13.2. The molecule has 4 heteroatoms. The number of aryl methyl sites for hydroxylation is 1. The Morgan fingerprint density at radius 1 is 1.25 bits per heavy atom. The lowest BCUT2D eigenvalue weighted by molar-refractivity contribution is 0.626. The second kappa shape index (κ2) is 5.12. The van der Waals surface area contributed by atoms with Gasteiger partial charge in [-0.25, -0.2) is 9.37 Å². The van der Waals surface area contributed by atoms with Crippen molar-refractivity contribution in [3.8, 4) is 0 Å². The van der Waals surface area contributed by atoms with Crippen LogP contribution in [0.3, 0.4) is 0 Å². The van der Waals surface area contributed by atoms with Gasteiger partial charge in [0.25, 0.3) is 0 Å². The molecule has 0 fully saturated rings. The minimum Gasteiger partial charge on any atom is -0.377 e. The Bertz CT molecular complexity index is 608. The van der Waals surface area contributed by atoms with E-state index in [4.69, 9.17) is 0 Å². The zero-order valence-electron chi connectivity index (χ0n) is 11.7. The molecule has 0 spiro atoms. The second-order valence-electron chi connectivity index (χ2n) is 5.38. The summed E-state index contributed by atoms with van der Waals surface area (Å²) in [4.78, 5) is 6.36. The molecule has 0 saturated heterocycles. The average Bonchev–Trinajstić information content (AvgIpc) is 2.81. The van der Waals surface area contributed by atoms with E-state index in [1.165, 1.54) is 11.6 Å². The van der Waals surface area contributed by atoms with Gasteiger partial charge in [0.2, 0.25) is 0 Å². The van der Waals surface area contributed by atoms with Crippen LogP contribution in [0.15, 0.2) is 36.5 Å². The summed E-state index contributed by atoms with van der Waals surface area (Å²) in [5.74, 6) is 0.783. The van der Waals surface area contributed by atoms with E-state index in [2.05, 4.69) is 10.3 Å². The predicted molar refractivity (Wildman–Crippen MR) is 79.6 cm³/mol. The summed E-state index contributed by atoms with van der Waals surface area (Å²) in [7, 11) is 3.94. The van der Waals surface area contributed by atoms with Gasteiger partial charge in [0, 0.05) is 14.1 Å². The van der Waals surface area contributed by atoms with Crippen molar-refractivity contribution in [1.29, 1.82) is 0 Å². The predicted octanol–water partition coefficient (Wildman–Crippen LogP) is 3.39. The third-order valence-electron chi connectivity index (χ3n) is 3.73. The zero-order valence-corrected chi connectivity index (χ0v) is 11.7. The van der Waals surface area contributed by atoms with E-state index in [0.717, 1.165) is 29.9 Å². The van der Waals surface area contributed by atoms with Crippen molar-refractivity contribution in [2.75, 3.05) is 24.3 Å². The molecule has 1 aromatic carbocycles. The molecule has 1 aliphatic rings. The molecule has 3 rings (SSSR count). The first kappa shape index (κ1) is 12.9. The number of halogens is 1. The van der Waals surface area contributed by atoms with Crippen molar-refractivity contribution in [3.63, 3.8) is 0 Å². The van der Waals surface area contributed by atoms with Gasteiger partial charge in [0.05, 0.1) is 17.9 Å². The molecule has 20 heavy (non-hydrogen) atoms. The Morgan fingerprint density at radius 3 is 2.80 bits per heavy atom. The van der Waals surface area contributed by atoms with E-state index in [1.54, 1.807) is 6.07 Å². The number of hydrogen-bond acceptors (Lipinski definition) is 3. The Labute approximate surface area is 118 Å². The minimum atomic E-state index is -0.151. The van der Waals surface area contributed by atoms with Gasteiger partial charge in [0.1, 0.15) is 11.6 Å². The molecule has 0 bridgehead atoms. The molecule has 1 aliphatic carbocycles. The Hall–Kier alpha value is -2.10. The molecule has 1 aromatic heterocycles. The number of pyridine rings is 1. The SMILES string of the molecule is CN(C)c1ccc(NC2CCc3cc(F)ccc32)cn1. The van der Waals surface area contributed by atoms with Crippen molar-refractivity contribution in [2.45, 2.75) is 18.9 Å². The fourth-order valence-corrected chi connectivity index (χ4v) is 2.67. The van der Waals surface area contributed by atoms with Crippen LogP contribution in [0.2, 0.25) is 0 Å². The number of aromatic nitrogens is 1. The number of nitrogens with zero attached hydrogens (tertiary/aromatic N) is 2. The minimum absolute atomic E-state index is 0.151. The average molecular weight is 271 g/mol. The van der Waals surface area contributed by atoms with Crippen LogP contribution in [0, 0.1) is 5.82 Å². The van der Waals surface area contributed by atoms with Gasteiger partial charge in [-0.05, 0) is 48.2 Å². The Kier molecular flexibility index (Phi) is 3.30. The molecule has 0 aliphatic heterocycles. The van der Waals surface area contributed by atoms with Crippen LogP contribution in [-0.4, -0.2) is 19.1 Å². The van der Waals surface area contributed by atoms with Crippen molar-refractivity contribution in [3.05, 3.63) is 53.5 Å². The molecule has 1 heterocycles. The molecule has 104 valence electrons. The third-order valence-corrected chi connectivity index (χ3v) is 3.73. The number of benzene rings is 1. The lowest BCUT2D eigenvalue weighted by atomic mass is 10.1. The van der Waals surface area contributed by atoms with Crippen molar-refractivity contribution in [2.24, 2.45) is 0 Å². The van der Waals surface area contributed by atoms with E-state index in [-0.39, 0.29) is 11.9 Å². The molecule has 1 atom stereocenters. The largest absolute Gasteiger partial charge is 0.377 e. The van der Waals surface area contributed by atoms with Gasteiger partial charge in [-0.2, -0.15) is 0 Å². The van der Waals surface area contributed by atoms with Crippen LogP contribution in [-0.2, 0) is 6.42 Å². The molecule has 2 aromatic rings. The van der Waals surface area contributed by atoms with E-state index in [1.807, 2.05) is 43.4 Å². The monoisotopic (exact) mass is 271 g/mol. The maximum atomic E-state index is 13.2. The molecule has 0 amide bonds. The third kappa shape index (κ3) is 2.46. The van der Waals surface area contributed by atoms with Crippen LogP contribution >= 0.6 is 0 Å². The van der Waals surface area contributed by atoms with E-state index < -0.39 is 0 Å². The molecule has 1 unspecified atom stereocenters. The number of anilines is 2. The lowest BCUT2D eigenvalue weighted by Crippen LogP contribution is -2.11. The first-order chi connectivity index (χ1) is 9.63. The van der Waals surface area contributed by atoms with Crippen LogP contribution in [0.5, 0.6) is 0 Å². The normalized spacial score (nSPS) is 16.9. The van der Waals surface area contributed by atoms with Gasteiger partial charge in [-0.1, -0.05) is 6.07 Å². The summed E-state index contributed by atoms with van der Waals surface area (Å²) in [6.07, 6.45) is 3.76. The maximum Gasteiger partial charge on any atom is 0.128 e. The van der Waals surface area contributed by atoms with Gasteiger partial charge in [-0.3, -0.25) is 0 Å². The fourth-order valence-electron chi connectivity index (χ4n) is 2.67. The topological polar surface area (TPSA) is 28.2 Å². The highest BCUT2D eigenvalue weighted by Crippen LogP contribution is 2.34. The van der Waals surface area contributed by atoms with E-state index in [0.29, 0.717) is 0 Å². The molecular formula is C16H18FN3. The Morgan fingerprint density at radius 2 is 2.10 bits per heavy atom. The number of hydrogen-bond donors (Lipinski definition) is 1. The van der Waals surface area contributed by atoms with Crippen LogP contribution in [0.1, 0.15) is 23.6 Å². The summed E-state index contributed by atoms with van der Waals surface area (Å²) in [5, 5.41) is 3.48. The van der Waals surface area contributed by atoms with Crippen LogP contribution < -0.4 is 10.2 Å². The van der Waals surface area contributed by atoms with Crippen molar-refractivity contribution >= 4 is 11.5 Å². The van der Waals surface area contributed by atoms with E-state index in [9.17, 15) is 4.39 Å². The van der Waals surface area contributed by atoms with Crippen LogP contribution in [0.25, 0.3) is 0 Å². The van der Waals surface area contributed by atoms with Crippen molar-refractivity contribution < 1.29 is 4.39 Å². The summed E-state index contributed by atoms with van der Waals surface area (Å²) in [5.41, 5.74) is 3.31. The van der Waals surface area contributed by atoms with Gasteiger partial charge in [0.15, 0.2) is 0 Å².